The average molecular weight is 579 g/mol. The summed E-state index contributed by atoms with van der Waals surface area (Å²) in [5.74, 6) is -1.40. The van der Waals surface area contributed by atoms with Crippen LogP contribution in [-0.2, 0) is 6.54 Å². The van der Waals surface area contributed by atoms with Crippen molar-refractivity contribution in [2.75, 3.05) is 43.4 Å². The minimum absolute atomic E-state index is 0.128. The Morgan fingerprint density at radius 1 is 1.10 bits per heavy atom. The summed E-state index contributed by atoms with van der Waals surface area (Å²) < 4.78 is 30.0. The summed E-state index contributed by atoms with van der Waals surface area (Å²) in [6.45, 7) is 17.8. The molecular formula is C33H44F2N6O. The van der Waals surface area contributed by atoms with Gasteiger partial charge in [0.1, 0.15) is 11.6 Å². The highest BCUT2D eigenvalue weighted by atomic mass is 19.1. The number of aromatic nitrogens is 2. The van der Waals surface area contributed by atoms with Gasteiger partial charge in [0.15, 0.2) is 5.82 Å². The smallest absolute Gasteiger partial charge is 0.256 e. The van der Waals surface area contributed by atoms with Crippen molar-refractivity contribution in [2.45, 2.75) is 53.6 Å². The number of hydrogen-bond acceptors (Lipinski definition) is 5. The van der Waals surface area contributed by atoms with Crippen molar-refractivity contribution in [3.8, 4) is 0 Å². The molecule has 9 heteroatoms. The second kappa shape index (κ2) is 15.4. The average Bonchev–Trinajstić information content (AvgIpc) is 3.33. The highest BCUT2D eigenvalue weighted by molar-refractivity contribution is 6.05. The van der Waals surface area contributed by atoms with Crippen molar-refractivity contribution in [3.05, 3.63) is 82.6 Å². The molecule has 7 nitrogen and oxygen atoms in total. The number of nitrogens with zero attached hydrogens (tertiary/aromatic N) is 3. The van der Waals surface area contributed by atoms with Gasteiger partial charge < -0.3 is 20.4 Å². The maximum absolute atomic E-state index is 15.0. The van der Waals surface area contributed by atoms with Crippen molar-refractivity contribution in [1.82, 2.24) is 20.4 Å². The van der Waals surface area contributed by atoms with Crippen molar-refractivity contribution in [2.24, 2.45) is 0 Å². The zero-order valence-electron chi connectivity index (χ0n) is 25.7. The van der Waals surface area contributed by atoms with Gasteiger partial charge in [-0.2, -0.15) is 5.10 Å². The van der Waals surface area contributed by atoms with Crippen molar-refractivity contribution >= 4 is 35.1 Å². The van der Waals surface area contributed by atoms with Gasteiger partial charge in [0.25, 0.3) is 5.91 Å². The molecule has 1 aliphatic rings. The Labute approximate surface area is 248 Å². The van der Waals surface area contributed by atoms with E-state index >= 15 is 0 Å². The standard InChI is InChI=1S/C30H36F2N6O.C3H8/c1-6-27-24(15-20(4)28-25(31)16-21(17-26(28)32)18-33-19(2)3)29(36-35-27)34-30(39)22-7-9-23(10-8-22)38-13-11-37(5)12-14-38;1-3-2/h6-10,15-17,19,33H,1,11-14,18H2,2-5H3,(H2,34,35,36,39);3H2,1-2H3/b20-15+;. The molecule has 1 fully saturated rings. The molecule has 0 atom stereocenters. The number of piperazine rings is 1. The molecule has 226 valence electrons. The molecular weight excluding hydrogens is 534 g/mol. The molecule has 0 unspecified atom stereocenters. The van der Waals surface area contributed by atoms with Gasteiger partial charge in [-0.3, -0.25) is 9.89 Å². The summed E-state index contributed by atoms with van der Waals surface area (Å²) in [6, 6.07) is 10.3. The van der Waals surface area contributed by atoms with Crippen LogP contribution in [-0.4, -0.2) is 60.3 Å². The number of halogens is 2. The topological polar surface area (TPSA) is 76.3 Å². The summed E-state index contributed by atoms with van der Waals surface area (Å²) in [5.41, 5.74) is 3.30. The number of nitrogens with one attached hydrogen (secondary N) is 3. The van der Waals surface area contributed by atoms with Crippen LogP contribution in [0.25, 0.3) is 17.7 Å². The quantitative estimate of drug-likeness (QED) is 0.260. The first-order valence-electron chi connectivity index (χ1n) is 14.5. The number of H-pyrrole nitrogens is 1. The lowest BCUT2D eigenvalue weighted by Crippen LogP contribution is -2.44. The normalized spacial score (nSPS) is 14.0. The van der Waals surface area contributed by atoms with E-state index in [0.29, 0.717) is 34.5 Å². The van der Waals surface area contributed by atoms with Gasteiger partial charge in [-0.05, 0) is 73.7 Å². The highest BCUT2D eigenvalue weighted by Crippen LogP contribution is 2.29. The van der Waals surface area contributed by atoms with Crippen LogP contribution in [0.2, 0.25) is 0 Å². The maximum Gasteiger partial charge on any atom is 0.256 e. The highest BCUT2D eigenvalue weighted by Gasteiger charge is 2.19. The van der Waals surface area contributed by atoms with Crippen LogP contribution in [0, 0.1) is 11.6 Å². The molecule has 0 bridgehead atoms. The summed E-state index contributed by atoms with van der Waals surface area (Å²) >= 11 is 0. The van der Waals surface area contributed by atoms with Crippen molar-refractivity contribution in [3.63, 3.8) is 0 Å². The van der Waals surface area contributed by atoms with Gasteiger partial charge in [0.2, 0.25) is 0 Å². The number of allylic oxidation sites excluding steroid dienone is 1. The van der Waals surface area contributed by atoms with Crippen LogP contribution in [0.15, 0.2) is 43.0 Å². The second-order valence-corrected chi connectivity index (χ2v) is 10.9. The van der Waals surface area contributed by atoms with Gasteiger partial charge >= 0.3 is 0 Å². The fraction of sp³-hybridized carbons (Fsp3) is 0.394. The molecule has 3 N–H and O–H groups in total. The van der Waals surface area contributed by atoms with Crippen LogP contribution < -0.4 is 15.5 Å². The SMILES string of the molecule is C=Cc1[nH]nc(NC(=O)c2ccc(N3CCN(C)CC3)cc2)c1/C=C(\C)c1c(F)cc(CNC(C)C)cc1F.CCC. The Kier molecular flexibility index (Phi) is 12.0. The third-order valence-electron chi connectivity index (χ3n) is 6.84. The second-order valence-electron chi connectivity index (χ2n) is 10.9. The van der Waals surface area contributed by atoms with Gasteiger partial charge in [-0.15, -0.1) is 0 Å². The number of rotatable bonds is 9. The number of hydrogen-bond donors (Lipinski definition) is 3. The summed E-state index contributed by atoms with van der Waals surface area (Å²) in [7, 11) is 2.11. The molecule has 42 heavy (non-hydrogen) atoms. The lowest BCUT2D eigenvalue weighted by atomic mass is 10.0. The molecule has 3 aromatic rings. The van der Waals surface area contributed by atoms with Crippen LogP contribution in [0.5, 0.6) is 0 Å². The van der Waals surface area contributed by atoms with E-state index in [1.54, 1.807) is 31.2 Å². The van der Waals surface area contributed by atoms with Crippen LogP contribution in [0.4, 0.5) is 20.3 Å². The molecule has 2 aromatic carbocycles. The minimum atomic E-state index is -0.654. The Bertz CT molecular complexity index is 1350. The zero-order chi connectivity index (χ0) is 30.8. The summed E-state index contributed by atoms with van der Waals surface area (Å²) in [6.07, 6.45) is 4.39. The lowest BCUT2D eigenvalue weighted by Gasteiger charge is -2.34. The maximum atomic E-state index is 15.0. The van der Waals surface area contributed by atoms with E-state index in [1.165, 1.54) is 18.6 Å². The first-order valence-corrected chi connectivity index (χ1v) is 14.5. The van der Waals surface area contributed by atoms with E-state index in [-0.39, 0.29) is 23.3 Å². The molecule has 0 saturated carbocycles. The number of anilines is 2. The fourth-order valence-electron chi connectivity index (χ4n) is 4.54. The van der Waals surface area contributed by atoms with Crippen molar-refractivity contribution < 1.29 is 13.6 Å². The third-order valence-corrected chi connectivity index (χ3v) is 6.84. The van der Waals surface area contributed by atoms with Gasteiger partial charge in [0, 0.05) is 61.1 Å². The first kappa shape index (κ1) is 32.7. The lowest BCUT2D eigenvalue weighted by molar-refractivity contribution is 0.102. The van der Waals surface area contributed by atoms with E-state index in [4.69, 9.17) is 0 Å². The molecule has 0 spiro atoms. The van der Waals surface area contributed by atoms with Crippen molar-refractivity contribution in [1.29, 1.82) is 0 Å². The van der Waals surface area contributed by atoms with E-state index in [9.17, 15) is 13.6 Å². The van der Waals surface area contributed by atoms with E-state index in [0.717, 1.165) is 31.9 Å². The van der Waals surface area contributed by atoms with Crippen LogP contribution in [0.3, 0.4) is 0 Å². The number of likely N-dealkylation sites (N-methyl/N-ethyl adjacent to an activating group) is 1. The van der Waals surface area contributed by atoms with Crippen LogP contribution in [0.1, 0.15) is 73.8 Å². The molecule has 0 radical (unpaired) electrons. The molecule has 0 aliphatic carbocycles. The zero-order valence-corrected chi connectivity index (χ0v) is 25.7. The Hall–Kier alpha value is -3.82. The molecule has 1 amide bonds. The molecule has 2 heterocycles. The molecule has 4 rings (SSSR count). The first-order chi connectivity index (χ1) is 20.1. The number of aromatic amines is 1. The molecule has 1 saturated heterocycles. The predicted octanol–water partition coefficient (Wildman–Crippen LogP) is 6.81. The Morgan fingerprint density at radius 3 is 2.24 bits per heavy atom. The van der Waals surface area contributed by atoms with Gasteiger partial charge in [-0.25, -0.2) is 8.78 Å². The van der Waals surface area contributed by atoms with E-state index in [2.05, 4.69) is 58.1 Å². The predicted molar refractivity (Wildman–Crippen MR) is 171 cm³/mol. The van der Waals surface area contributed by atoms with E-state index < -0.39 is 11.6 Å². The number of carbonyl (C=O) groups excluding carboxylic acids is 1. The Morgan fingerprint density at radius 2 is 1.69 bits per heavy atom. The van der Waals surface area contributed by atoms with E-state index in [1.807, 2.05) is 26.0 Å². The number of carbonyl (C=O) groups is 1. The Balaban J connectivity index is 0.00000155. The number of amides is 1. The largest absolute Gasteiger partial charge is 0.369 e. The minimum Gasteiger partial charge on any atom is -0.369 e. The van der Waals surface area contributed by atoms with Gasteiger partial charge in [-0.1, -0.05) is 40.7 Å². The number of benzene rings is 2. The third kappa shape index (κ3) is 8.59. The summed E-state index contributed by atoms with van der Waals surface area (Å²) in [5, 5.41) is 13.0. The monoisotopic (exact) mass is 578 g/mol. The summed E-state index contributed by atoms with van der Waals surface area (Å²) in [4.78, 5) is 17.6. The molecule has 1 aromatic heterocycles. The fourth-order valence-corrected chi connectivity index (χ4v) is 4.54. The molecule has 1 aliphatic heterocycles. The van der Waals surface area contributed by atoms with Gasteiger partial charge in [0.05, 0.1) is 5.69 Å². The van der Waals surface area contributed by atoms with Crippen LogP contribution >= 0.6 is 0 Å².